The molecule has 0 aromatic heterocycles. The number of rotatable bonds is 4. The van der Waals surface area contributed by atoms with Gasteiger partial charge < -0.3 is 9.64 Å². The number of benzene rings is 3. The average Bonchev–Trinajstić information content (AvgIpc) is 2.71. The highest BCUT2D eigenvalue weighted by atomic mass is 35.5. The lowest BCUT2D eigenvalue weighted by molar-refractivity contribution is -0.142. The van der Waals surface area contributed by atoms with Crippen LogP contribution in [0.5, 0.6) is 0 Å². The fourth-order valence-corrected chi connectivity index (χ4v) is 4.24. The maximum atomic E-state index is 13.0. The second-order valence-electron chi connectivity index (χ2n) is 6.93. The lowest BCUT2D eigenvalue weighted by Gasteiger charge is -2.35. The molecular formula is C23H19Cl2NO3. The third kappa shape index (κ3) is 3.70. The Hall–Kier alpha value is -2.56. The summed E-state index contributed by atoms with van der Waals surface area (Å²) in [5.41, 5.74) is 2.65. The fraction of sp³-hybridized carbons (Fsp3) is 0.217. The van der Waals surface area contributed by atoms with Crippen LogP contribution < -0.4 is 4.90 Å². The molecule has 1 unspecified atom stereocenters. The highest BCUT2D eigenvalue weighted by Crippen LogP contribution is 2.44. The standard InChI is InChI=1S/C23H19Cl2NO3/c1-2-29-22(28)13-26-20-10-8-14-5-3-4-6-16(14)23(20)17(12-21(26)27)15-7-9-18(24)19(25)11-15/h3-11,17H,2,12-13H2,1H3. The summed E-state index contributed by atoms with van der Waals surface area (Å²) in [6.07, 6.45) is 0.234. The minimum atomic E-state index is -0.423. The molecule has 148 valence electrons. The normalized spacial score (nSPS) is 16.0. The Morgan fingerprint density at radius 3 is 2.66 bits per heavy atom. The van der Waals surface area contributed by atoms with E-state index in [9.17, 15) is 9.59 Å². The third-order valence-corrected chi connectivity index (χ3v) is 5.94. The van der Waals surface area contributed by atoms with E-state index in [1.165, 1.54) is 4.90 Å². The van der Waals surface area contributed by atoms with Gasteiger partial charge in [0.2, 0.25) is 5.91 Å². The van der Waals surface area contributed by atoms with Crippen molar-refractivity contribution in [2.75, 3.05) is 18.1 Å². The van der Waals surface area contributed by atoms with Crippen molar-refractivity contribution in [3.8, 4) is 0 Å². The zero-order valence-electron chi connectivity index (χ0n) is 15.8. The van der Waals surface area contributed by atoms with Crippen molar-refractivity contribution in [3.05, 3.63) is 75.8 Å². The Morgan fingerprint density at radius 2 is 1.90 bits per heavy atom. The molecule has 1 heterocycles. The predicted molar refractivity (Wildman–Crippen MR) is 116 cm³/mol. The molecule has 3 aromatic carbocycles. The first kappa shape index (κ1) is 19.7. The van der Waals surface area contributed by atoms with Gasteiger partial charge in [-0.05, 0) is 47.0 Å². The molecule has 0 fully saturated rings. The van der Waals surface area contributed by atoms with Gasteiger partial charge >= 0.3 is 5.97 Å². The van der Waals surface area contributed by atoms with Crippen molar-refractivity contribution < 1.29 is 14.3 Å². The first-order valence-corrected chi connectivity index (χ1v) is 10.2. The van der Waals surface area contributed by atoms with Crippen LogP contribution in [0.4, 0.5) is 5.69 Å². The van der Waals surface area contributed by atoms with Crippen molar-refractivity contribution in [2.24, 2.45) is 0 Å². The summed E-state index contributed by atoms with van der Waals surface area (Å²) < 4.78 is 5.07. The van der Waals surface area contributed by atoms with Crippen molar-refractivity contribution in [3.63, 3.8) is 0 Å². The van der Waals surface area contributed by atoms with Crippen LogP contribution >= 0.6 is 23.2 Å². The quantitative estimate of drug-likeness (QED) is 0.510. The smallest absolute Gasteiger partial charge is 0.326 e. The Bertz CT molecular complexity index is 1110. The molecule has 1 aliphatic heterocycles. The van der Waals surface area contributed by atoms with E-state index in [-0.39, 0.29) is 31.4 Å². The van der Waals surface area contributed by atoms with Crippen LogP contribution in [0.3, 0.4) is 0 Å². The second kappa shape index (κ2) is 8.05. The summed E-state index contributed by atoms with van der Waals surface area (Å²) in [6, 6.07) is 17.4. The van der Waals surface area contributed by atoms with Crippen LogP contribution in [0, 0.1) is 0 Å². The maximum absolute atomic E-state index is 13.0. The van der Waals surface area contributed by atoms with Crippen LogP contribution in [0.25, 0.3) is 10.8 Å². The van der Waals surface area contributed by atoms with Gasteiger partial charge in [-0.1, -0.05) is 59.6 Å². The van der Waals surface area contributed by atoms with Gasteiger partial charge in [-0.25, -0.2) is 0 Å². The van der Waals surface area contributed by atoms with E-state index in [1.54, 1.807) is 13.0 Å². The summed E-state index contributed by atoms with van der Waals surface area (Å²) in [4.78, 5) is 26.7. The number of hydrogen-bond acceptors (Lipinski definition) is 3. The number of ether oxygens (including phenoxy) is 1. The summed E-state index contributed by atoms with van der Waals surface area (Å²) in [6.45, 7) is 1.92. The molecule has 1 atom stereocenters. The van der Waals surface area contributed by atoms with Crippen molar-refractivity contribution in [1.29, 1.82) is 0 Å². The molecule has 4 rings (SSSR count). The van der Waals surface area contributed by atoms with Crippen LogP contribution in [0.1, 0.15) is 30.4 Å². The van der Waals surface area contributed by atoms with Gasteiger partial charge in [-0.2, -0.15) is 0 Å². The molecular weight excluding hydrogens is 409 g/mol. The van der Waals surface area contributed by atoms with Crippen LogP contribution in [0.2, 0.25) is 10.0 Å². The lowest BCUT2D eigenvalue weighted by atomic mass is 9.81. The first-order valence-electron chi connectivity index (χ1n) is 9.42. The molecule has 0 radical (unpaired) electrons. The monoisotopic (exact) mass is 427 g/mol. The molecule has 0 N–H and O–H groups in total. The second-order valence-corrected chi connectivity index (χ2v) is 7.75. The predicted octanol–water partition coefficient (Wildman–Crippen LogP) is 5.58. The molecule has 3 aromatic rings. The number of anilines is 1. The summed E-state index contributed by atoms with van der Waals surface area (Å²) in [5, 5.41) is 3.04. The topological polar surface area (TPSA) is 46.6 Å². The maximum Gasteiger partial charge on any atom is 0.326 e. The van der Waals surface area contributed by atoms with Gasteiger partial charge in [-0.15, -0.1) is 0 Å². The summed E-state index contributed by atoms with van der Waals surface area (Å²) in [5.74, 6) is -0.735. The number of esters is 1. The largest absolute Gasteiger partial charge is 0.465 e. The van der Waals surface area contributed by atoms with Gasteiger partial charge in [0.05, 0.1) is 16.7 Å². The van der Waals surface area contributed by atoms with E-state index in [1.807, 2.05) is 48.5 Å². The number of nitrogens with zero attached hydrogens (tertiary/aromatic N) is 1. The third-order valence-electron chi connectivity index (χ3n) is 5.21. The zero-order chi connectivity index (χ0) is 20.5. The van der Waals surface area contributed by atoms with Gasteiger partial charge in [0.25, 0.3) is 0 Å². The van der Waals surface area contributed by atoms with E-state index in [4.69, 9.17) is 27.9 Å². The Labute approximate surface area is 179 Å². The van der Waals surface area contributed by atoms with E-state index < -0.39 is 5.97 Å². The highest BCUT2D eigenvalue weighted by Gasteiger charge is 2.35. The minimum absolute atomic E-state index is 0.105. The molecule has 4 nitrogen and oxygen atoms in total. The van der Waals surface area contributed by atoms with Gasteiger partial charge in [0.1, 0.15) is 6.54 Å². The summed E-state index contributed by atoms with van der Waals surface area (Å²) in [7, 11) is 0. The van der Waals surface area contributed by atoms with Crippen LogP contribution in [0.15, 0.2) is 54.6 Å². The highest BCUT2D eigenvalue weighted by molar-refractivity contribution is 6.42. The molecule has 1 aliphatic rings. The van der Waals surface area contributed by atoms with Crippen LogP contribution in [-0.2, 0) is 14.3 Å². The van der Waals surface area contributed by atoms with E-state index >= 15 is 0 Å². The van der Waals surface area contributed by atoms with Crippen molar-refractivity contribution in [2.45, 2.75) is 19.3 Å². The molecule has 6 heteroatoms. The van der Waals surface area contributed by atoms with Gasteiger partial charge in [-0.3, -0.25) is 9.59 Å². The minimum Gasteiger partial charge on any atom is -0.465 e. The average molecular weight is 428 g/mol. The van der Waals surface area contributed by atoms with Gasteiger partial charge in [0.15, 0.2) is 0 Å². The van der Waals surface area contributed by atoms with E-state index in [0.717, 1.165) is 27.6 Å². The number of halogens is 2. The van der Waals surface area contributed by atoms with Gasteiger partial charge in [0, 0.05) is 18.0 Å². The van der Waals surface area contributed by atoms with E-state index in [2.05, 4.69) is 0 Å². The first-order chi connectivity index (χ1) is 14.0. The number of carbonyl (C=O) groups is 2. The Morgan fingerprint density at radius 1 is 1.10 bits per heavy atom. The molecule has 29 heavy (non-hydrogen) atoms. The summed E-state index contributed by atoms with van der Waals surface area (Å²) >= 11 is 12.4. The molecule has 0 aliphatic carbocycles. The molecule has 1 amide bonds. The molecule has 0 saturated heterocycles. The zero-order valence-corrected chi connectivity index (χ0v) is 17.3. The lowest BCUT2D eigenvalue weighted by Crippen LogP contribution is -2.41. The molecule has 0 saturated carbocycles. The molecule has 0 bridgehead atoms. The SMILES string of the molecule is CCOC(=O)CN1C(=O)CC(c2ccc(Cl)c(Cl)c2)c2c1ccc1ccccc21. The van der Waals surface area contributed by atoms with E-state index in [0.29, 0.717) is 10.0 Å². The Kier molecular flexibility index (Phi) is 5.48. The van der Waals surface area contributed by atoms with Crippen LogP contribution in [-0.4, -0.2) is 25.0 Å². The number of carbonyl (C=O) groups excluding carboxylic acids is 2. The fourth-order valence-electron chi connectivity index (χ4n) is 3.93. The number of fused-ring (bicyclic) bond motifs is 3. The molecule has 0 spiro atoms. The van der Waals surface area contributed by atoms with Crippen molar-refractivity contribution >= 4 is 51.5 Å². The Balaban J connectivity index is 1.89. The number of amides is 1. The number of hydrogen-bond donors (Lipinski definition) is 0. The van der Waals surface area contributed by atoms with Crippen molar-refractivity contribution in [1.82, 2.24) is 0 Å².